The van der Waals surface area contributed by atoms with Crippen LogP contribution >= 0.6 is 0 Å². The summed E-state index contributed by atoms with van der Waals surface area (Å²) in [7, 11) is 0. The summed E-state index contributed by atoms with van der Waals surface area (Å²) in [6.45, 7) is 6.12. The summed E-state index contributed by atoms with van der Waals surface area (Å²) in [5.74, 6) is -1.08. The Morgan fingerprint density at radius 1 is 0.328 bits per heavy atom. The minimum atomic E-state index is -0.839. The second-order valence-corrected chi connectivity index (χ2v) is 15.2. The molecule has 0 rings (SSSR count). The van der Waals surface area contributed by atoms with E-state index in [9.17, 15) is 14.4 Å². The molecule has 0 aliphatic rings. The van der Waals surface area contributed by atoms with Gasteiger partial charge in [-0.05, 0) is 70.6 Å². The van der Waals surface area contributed by atoms with Gasteiger partial charge in [-0.1, -0.05) is 236 Å². The van der Waals surface area contributed by atoms with Crippen LogP contribution in [-0.2, 0) is 28.6 Å². The van der Waals surface area contributed by atoms with Crippen LogP contribution in [0.5, 0.6) is 0 Å². The Bertz CT molecular complexity index is 1570. The van der Waals surface area contributed by atoms with Crippen LogP contribution in [0.15, 0.2) is 170 Å². The predicted molar refractivity (Wildman–Crippen MR) is 274 cm³/mol. The molecule has 0 N–H and O–H groups in total. The Kier molecular flexibility index (Phi) is 46.3. The lowest BCUT2D eigenvalue weighted by Crippen LogP contribution is -2.30. The number of esters is 3. The molecule has 64 heavy (non-hydrogen) atoms. The number of hydrogen-bond donors (Lipinski definition) is 0. The van der Waals surface area contributed by atoms with E-state index < -0.39 is 6.10 Å². The van der Waals surface area contributed by atoms with Crippen molar-refractivity contribution in [1.29, 1.82) is 0 Å². The highest BCUT2D eigenvalue weighted by Crippen LogP contribution is 2.12. The van der Waals surface area contributed by atoms with E-state index >= 15 is 0 Å². The lowest BCUT2D eigenvalue weighted by molar-refractivity contribution is -0.167. The predicted octanol–water partition coefficient (Wildman–Crippen LogP) is 16.0. The normalized spacial score (nSPS) is 13.6. The van der Waals surface area contributed by atoms with Crippen molar-refractivity contribution in [3.05, 3.63) is 170 Å². The standard InChI is InChI=1S/C58H84O6/c1-4-7-10-13-16-19-22-25-27-28-29-31-33-36-39-42-45-48-51-57(60)63-54-55(53-62-56(59)50-47-44-41-38-35-32-24-21-18-15-12-9-6-3)64-58(61)52-49-46-43-40-37-34-30-26-23-20-17-14-11-8-5-2/h8-32,35,38,41,55H,4-7,33-34,36-37,39-40,42-54H2,1-3H3/b11-8-,12-9-,13-10-,17-14-,18-15-,19-16-,23-20-,24-21-,25-22-,28-27-,30-26-,31-29-,35-32-,41-38-. The van der Waals surface area contributed by atoms with Crippen LogP contribution < -0.4 is 0 Å². The van der Waals surface area contributed by atoms with Crippen LogP contribution in [0.2, 0.25) is 0 Å². The number of carbonyl (C=O) groups is 3. The first-order valence-electron chi connectivity index (χ1n) is 24.3. The van der Waals surface area contributed by atoms with E-state index in [-0.39, 0.29) is 44.0 Å². The van der Waals surface area contributed by atoms with Crippen molar-refractivity contribution >= 4 is 17.9 Å². The zero-order valence-corrected chi connectivity index (χ0v) is 40.0. The van der Waals surface area contributed by atoms with Crippen molar-refractivity contribution in [3.8, 4) is 0 Å². The van der Waals surface area contributed by atoms with Gasteiger partial charge in [0.1, 0.15) is 13.2 Å². The topological polar surface area (TPSA) is 78.9 Å². The minimum Gasteiger partial charge on any atom is -0.462 e. The molecule has 0 saturated heterocycles. The second-order valence-electron chi connectivity index (χ2n) is 15.2. The summed E-state index contributed by atoms with van der Waals surface area (Å²) < 4.78 is 16.7. The summed E-state index contributed by atoms with van der Waals surface area (Å²) in [4.78, 5) is 37.9. The first-order valence-corrected chi connectivity index (χ1v) is 24.3. The monoisotopic (exact) mass is 877 g/mol. The van der Waals surface area contributed by atoms with Gasteiger partial charge in [-0.15, -0.1) is 0 Å². The molecule has 0 bridgehead atoms. The fraction of sp³-hybridized carbons (Fsp3) is 0.466. The first kappa shape index (κ1) is 58.8. The first-order chi connectivity index (χ1) is 31.5. The largest absolute Gasteiger partial charge is 0.462 e. The summed E-state index contributed by atoms with van der Waals surface area (Å²) in [6, 6.07) is 0. The van der Waals surface area contributed by atoms with E-state index in [1.54, 1.807) is 0 Å². The van der Waals surface area contributed by atoms with E-state index in [2.05, 4.69) is 75.5 Å². The van der Waals surface area contributed by atoms with Gasteiger partial charge in [0.2, 0.25) is 0 Å². The molecule has 0 spiro atoms. The highest BCUT2D eigenvalue weighted by Gasteiger charge is 2.19. The van der Waals surface area contributed by atoms with Crippen molar-refractivity contribution < 1.29 is 28.6 Å². The van der Waals surface area contributed by atoms with Gasteiger partial charge >= 0.3 is 17.9 Å². The van der Waals surface area contributed by atoms with Crippen LogP contribution in [0.1, 0.15) is 156 Å². The molecule has 0 aliphatic carbocycles. The maximum absolute atomic E-state index is 12.8. The maximum Gasteiger partial charge on any atom is 0.306 e. The Morgan fingerprint density at radius 2 is 0.625 bits per heavy atom. The van der Waals surface area contributed by atoms with Gasteiger partial charge in [-0.3, -0.25) is 14.4 Å². The summed E-state index contributed by atoms with van der Waals surface area (Å²) in [5.41, 5.74) is 0. The molecule has 1 unspecified atom stereocenters. The lowest BCUT2D eigenvalue weighted by Gasteiger charge is -2.18. The fourth-order valence-corrected chi connectivity index (χ4v) is 5.69. The molecule has 352 valence electrons. The van der Waals surface area contributed by atoms with E-state index in [0.717, 1.165) is 103 Å². The van der Waals surface area contributed by atoms with Gasteiger partial charge in [0.25, 0.3) is 0 Å². The number of carbonyl (C=O) groups excluding carboxylic acids is 3. The van der Waals surface area contributed by atoms with Gasteiger partial charge in [-0.25, -0.2) is 0 Å². The van der Waals surface area contributed by atoms with Gasteiger partial charge in [0, 0.05) is 19.3 Å². The molecule has 6 nitrogen and oxygen atoms in total. The summed E-state index contributed by atoms with van der Waals surface area (Å²) in [6.07, 6.45) is 74.7. The maximum atomic E-state index is 12.8. The Balaban J connectivity index is 4.63. The average molecular weight is 877 g/mol. The molecule has 0 saturated carbocycles. The van der Waals surface area contributed by atoms with E-state index in [1.165, 1.54) is 6.42 Å². The van der Waals surface area contributed by atoms with Crippen molar-refractivity contribution in [2.24, 2.45) is 0 Å². The summed E-state index contributed by atoms with van der Waals surface area (Å²) in [5, 5.41) is 0. The van der Waals surface area contributed by atoms with Crippen LogP contribution in [-0.4, -0.2) is 37.2 Å². The van der Waals surface area contributed by atoms with Gasteiger partial charge in [-0.2, -0.15) is 0 Å². The molecule has 0 aromatic rings. The molecular weight excluding hydrogens is 793 g/mol. The van der Waals surface area contributed by atoms with Crippen LogP contribution in [0, 0.1) is 0 Å². The second kappa shape index (κ2) is 50.4. The smallest absolute Gasteiger partial charge is 0.306 e. The van der Waals surface area contributed by atoms with E-state index in [4.69, 9.17) is 14.2 Å². The fourth-order valence-electron chi connectivity index (χ4n) is 5.69. The zero-order valence-electron chi connectivity index (χ0n) is 40.0. The zero-order chi connectivity index (χ0) is 46.5. The third kappa shape index (κ3) is 47.8. The highest BCUT2D eigenvalue weighted by atomic mass is 16.6. The molecule has 0 aromatic heterocycles. The number of hydrogen-bond acceptors (Lipinski definition) is 6. The van der Waals surface area contributed by atoms with Crippen molar-refractivity contribution in [2.75, 3.05) is 13.2 Å². The lowest BCUT2D eigenvalue weighted by atomic mass is 10.1. The highest BCUT2D eigenvalue weighted by molar-refractivity contribution is 5.71. The Hall–Kier alpha value is -5.23. The van der Waals surface area contributed by atoms with Crippen LogP contribution in [0.25, 0.3) is 0 Å². The molecular formula is C58H84O6. The molecule has 0 amide bonds. The number of ether oxygens (including phenoxy) is 3. The quantitative estimate of drug-likeness (QED) is 0.0264. The third-order valence-corrected chi connectivity index (χ3v) is 9.27. The molecule has 0 aliphatic heterocycles. The third-order valence-electron chi connectivity index (χ3n) is 9.27. The average Bonchev–Trinajstić information content (AvgIpc) is 3.29. The summed E-state index contributed by atoms with van der Waals surface area (Å²) >= 11 is 0. The van der Waals surface area contributed by atoms with E-state index in [0.29, 0.717) is 12.8 Å². The number of rotatable bonds is 40. The molecule has 0 aromatic carbocycles. The molecule has 0 heterocycles. The van der Waals surface area contributed by atoms with Crippen LogP contribution in [0.4, 0.5) is 0 Å². The number of unbranched alkanes of at least 4 members (excludes halogenated alkanes) is 12. The molecule has 1 atom stereocenters. The minimum absolute atomic E-state index is 0.134. The molecule has 0 fully saturated rings. The Morgan fingerprint density at radius 3 is 1.02 bits per heavy atom. The van der Waals surface area contributed by atoms with Gasteiger partial charge in [0.05, 0.1) is 0 Å². The van der Waals surface area contributed by atoms with Crippen molar-refractivity contribution in [1.82, 2.24) is 0 Å². The number of allylic oxidation sites excluding steroid dienone is 28. The Labute approximate surface area is 390 Å². The van der Waals surface area contributed by atoms with Crippen LogP contribution in [0.3, 0.4) is 0 Å². The molecule has 6 heteroatoms. The van der Waals surface area contributed by atoms with Gasteiger partial charge in [0.15, 0.2) is 6.10 Å². The van der Waals surface area contributed by atoms with Crippen molar-refractivity contribution in [2.45, 2.75) is 162 Å². The van der Waals surface area contributed by atoms with Gasteiger partial charge < -0.3 is 14.2 Å². The van der Waals surface area contributed by atoms with Crippen molar-refractivity contribution in [3.63, 3.8) is 0 Å². The molecule has 0 radical (unpaired) electrons. The van der Waals surface area contributed by atoms with E-state index in [1.807, 2.05) is 115 Å². The SMILES string of the molecule is CC\C=C/C=C\C=C/C=C\C=C/CCCC(=O)OCC(COC(=O)CCCCCCC\C=C/C=C\C=C/C=C\C=C/CCC)OC(=O)CCCCCCC\C=C/C=C\C=C/C=C\CC.